The van der Waals surface area contributed by atoms with E-state index in [4.69, 9.17) is 0 Å². The second-order valence-electron chi connectivity index (χ2n) is 5.07. The number of allylic oxidation sites excluding steroid dienone is 2. The van der Waals surface area contributed by atoms with E-state index in [0.29, 0.717) is 17.3 Å². The third kappa shape index (κ3) is 0.527. The average molecular weight is 189 g/mol. The Bertz CT molecular complexity index is 362. The number of imide groups is 1. The van der Waals surface area contributed by atoms with Crippen LogP contribution in [0.4, 0.5) is 0 Å². The van der Waals surface area contributed by atoms with Crippen molar-refractivity contribution in [3.63, 3.8) is 0 Å². The van der Waals surface area contributed by atoms with E-state index in [-0.39, 0.29) is 23.7 Å². The zero-order chi connectivity index (χ0) is 9.50. The molecule has 0 aromatic rings. The molecule has 3 fully saturated rings. The Labute approximate surface area is 81.5 Å². The van der Waals surface area contributed by atoms with Gasteiger partial charge in [-0.1, -0.05) is 12.2 Å². The molecular formula is C11H11NO2. The van der Waals surface area contributed by atoms with Crippen LogP contribution in [0.15, 0.2) is 12.2 Å². The highest BCUT2D eigenvalue weighted by atomic mass is 16.2. The Hall–Kier alpha value is -1.12. The van der Waals surface area contributed by atoms with E-state index < -0.39 is 0 Å². The van der Waals surface area contributed by atoms with Crippen LogP contribution < -0.4 is 5.32 Å². The first-order valence-electron chi connectivity index (χ1n) is 5.27. The molecule has 1 heterocycles. The van der Waals surface area contributed by atoms with Crippen molar-refractivity contribution in [3.05, 3.63) is 12.2 Å². The first-order valence-corrected chi connectivity index (χ1v) is 5.27. The molecule has 3 heteroatoms. The quantitative estimate of drug-likeness (QED) is 0.445. The average Bonchev–Trinajstić information content (AvgIpc) is 2.72. The molecule has 72 valence electrons. The molecule has 4 rings (SSSR count). The second-order valence-corrected chi connectivity index (χ2v) is 5.07. The maximum absolute atomic E-state index is 11.6. The van der Waals surface area contributed by atoms with E-state index in [1.807, 2.05) is 0 Å². The van der Waals surface area contributed by atoms with Crippen molar-refractivity contribution in [2.45, 2.75) is 12.8 Å². The van der Waals surface area contributed by atoms with Crippen LogP contribution in [0.1, 0.15) is 12.8 Å². The lowest BCUT2D eigenvalue weighted by Gasteiger charge is -2.15. The number of carbonyl (C=O) groups excluding carboxylic acids is 2. The summed E-state index contributed by atoms with van der Waals surface area (Å²) in [7, 11) is 0. The largest absolute Gasteiger partial charge is 0.296 e. The minimum Gasteiger partial charge on any atom is -0.296 e. The summed E-state index contributed by atoms with van der Waals surface area (Å²) in [6, 6.07) is 0. The van der Waals surface area contributed by atoms with Crippen molar-refractivity contribution in [2.24, 2.45) is 29.1 Å². The summed E-state index contributed by atoms with van der Waals surface area (Å²) in [5.41, 5.74) is 0.336. The van der Waals surface area contributed by atoms with Crippen molar-refractivity contribution in [2.75, 3.05) is 0 Å². The minimum absolute atomic E-state index is 0.0249. The normalized spacial score (nSPS) is 50.0. The smallest absolute Gasteiger partial charge is 0.231 e. The zero-order valence-electron chi connectivity index (χ0n) is 7.69. The van der Waals surface area contributed by atoms with Crippen molar-refractivity contribution < 1.29 is 9.59 Å². The fraction of sp³-hybridized carbons (Fsp3) is 0.636. The number of hydrogen-bond acceptors (Lipinski definition) is 2. The first kappa shape index (κ1) is 7.21. The van der Waals surface area contributed by atoms with Gasteiger partial charge in [0.15, 0.2) is 0 Å². The molecule has 3 aliphatic carbocycles. The Kier molecular flexibility index (Phi) is 0.932. The lowest BCUT2D eigenvalue weighted by molar-refractivity contribution is -0.127. The fourth-order valence-corrected chi connectivity index (χ4v) is 4.00. The summed E-state index contributed by atoms with van der Waals surface area (Å²) in [5, 5.41) is 2.47. The highest BCUT2D eigenvalue weighted by Crippen LogP contribution is 2.72. The molecule has 0 aromatic heterocycles. The molecule has 14 heavy (non-hydrogen) atoms. The van der Waals surface area contributed by atoms with Crippen LogP contribution in [0.5, 0.6) is 0 Å². The van der Waals surface area contributed by atoms with Gasteiger partial charge in [-0.2, -0.15) is 0 Å². The summed E-state index contributed by atoms with van der Waals surface area (Å²) in [6.07, 6.45) is 6.78. The van der Waals surface area contributed by atoms with Crippen LogP contribution in [0.3, 0.4) is 0 Å². The van der Waals surface area contributed by atoms with E-state index in [9.17, 15) is 9.59 Å². The molecule has 0 radical (unpaired) electrons. The van der Waals surface area contributed by atoms with Gasteiger partial charge in [0.2, 0.25) is 11.8 Å². The number of nitrogens with one attached hydrogen (secondary N) is 1. The molecule has 0 unspecified atom stereocenters. The SMILES string of the molecule is O=C1NC(=O)[C@H]2[C@@H]1[C@@H]1C=C[C@@H]2C12CC2. The molecular weight excluding hydrogens is 178 g/mol. The highest BCUT2D eigenvalue weighted by molar-refractivity contribution is 6.06. The molecule has 1 spiro atoms. The van der Waals surface area contributed by atoms with Gasteiger partial charge < -0.3 is 0 Å². The summed E-state index contributed by atoms with van der Waals surface area (Å²) in [5.74, 6) is 0.624. The molecule has 1 aliphatic heterocycles. The minimum atomic E-state index is -0.0278. The van der Waals surface area contributed by atoms with Crippen LogP contribution in [-0.2, 0) is 9.59 Å². The highest BCUT2D eigenvalue weighted by Gasteiger charge is 2.71. The molecule has 2 bridgehead atoms. The van der Waals surface area contributed by atoms with Gasteiger partial charge >= 0.3 is 0 Å². The van der Waals surface area contributed by atoms with Crippen molar-refractivity contribution in [3.8, 4) is 0 Å². The molecule has 1 saturated heterocycles. The Morgan fingerprint density at radius 1 is 1.07 bits per heavy atom. The van der Waals surface area contributed by atoms with Gasteiger partial charge in [-0.25, -0.2) is 0 Å². The van der Waals surface area contributed by atoms with Crippen LogP contribution in [0.25, 0.3) is 0 Å². The van der Waals surface area contributed by atoms with Crippen LogP contribution in [-0.4, -0.2) is 11.8 Å². The summed E-state index contributed by atoms with van der Waals surface area (Å²) in [4.78, 5) is 23.2. The Balaban J connectivity index is 1.89. The van der Waals surface area contributed by atoms with Gasteiger partial charge in [0.1, 0.15) is 0 Å². The second kappa shape index (κ2) is 1.81. The standard InChI is InChI=1S/C11H11NO2/c13-9-7-5-1-2-6(11(5)3-4-11)8(7)10(14)12-9/h1-2,5-8H,3-4H2,(H,12,13,14)/t5-,6-,7-,8+/m0/s1. The number of amides is 2. The molecule has 2 saturated carbocycles. The van der Waals surface area contributed by atoms with Gasteiger partial charge in [-0.05, 0) is 30.1 Å². The summed E-state index contributed by atoms with van der Waals surface area (Å²) >= 11 is 0. The van der Waals surface area contributed by atoms with E-state index in [1.54, 1.807) is 0 Å². The van der Waals surface area contributed by atoms with Gasteiger partial charge in [-0.3, -0.25) is 14.9 Å². The molecule has 1 N–H and O–H groups in total. The third-order valence-corrected chi connectivity index (χ3v) is 4.69. The predicted molar refractivity (Wildman–Crippen MR) is 47.9 cm³/mol. The molecule has 3 nitrogen and oxygen atoms in total. The fourth-order valence-electron chi connectivity index (χ4n) is 4.00. The number of hydrogen-bond donors (Lipinski definition) is 1. The third-order valence-electron chi connectivity index (χ3n) is 4.69. The lowest BCUT2D eigenvalue weighted by Crippen LogP contribution is -2.28. The van der Waals surface area contributed by atoms with Gasteiger partial charge in [0, 0.05) is 0 Å². The number of fused-ring (bicyclic) bond motifs is 3. The maximum Gasteiger partial charge on any atom is 0.231 e. The maximum atomic E-state index is 11.6. The van der Waals surface area contributed by atoms with Crippen molar-refractivity contribution in [1.29, 1.82) is 0 Å². The van der Waals surface area contributed by atoms with Gasteiger partial charge in [0.05, 0.1) is 11.8 Å². The Morgan fingerprint density at radius 3 is 2.00 bits per heavy atom. The van der Waals surface area contributed by atoms with E-state index >= 15 is 0 Å². The number of rotatable bonds is 0. The summed E-state index contributed by atoms with van der Waals surface area (Å²) < 4.78 is 0. The van der Waals surface area contributed by atoms with E-state index in [2.05, 4.69) is 17.5 Å². The predicted octanol–water partition coefficient (Wildman–Crippen LogP) is 0.471. The van der Waals surface area contributed by atoms with Crippen molar-refractivity contribution in [1.82, 2.24) is 5.32 Å². The zero-order valence-corrected chi connectivity index (χ0v) is 7.69. The lowest BCUT2D eigenvalue weighted by atomic mass is 9.85. The van der Waals surface area contributed by atoms with Crippen LogP contribution in [0.2, 0.25) is 0 Å². The topological polar surface area (TPSA) is 46.2 Å². The molecule has 0 aromatic carbocycles. The molecule has 2 amide bonds. The summed E-state index contributed by atoms with van der Waals surface area (Å²) in [6.45, 7) is 0. The molecule has 4 aliphatic rings. The van der Waals surface area contributed by atoms with E-state index in [1.165, 1.54) is 12.8 Å². The van der Waals surface area contributed by atoms with Crippen molar-refractivity contribution >= 4 is 11.8 Å². The monoisotopic (exact) mass is 189 g/mol. The van der Waals surface area contributed by atoms with E-state index in [0.717, 1.165) is 0 Å². The van der Waals surface area contributed by atoms with Gasteiger partial charge in [0.25, 0.3) is 0 Å². The van der Waals surface area contributed by atoms with Gasteiger partial charge in [-0.15, -0.1) is 0 Å². The van der Waals surface area contributed by atoms with Crippen LogP contribution in [0, 0.1) is 29.1 Å². The Morgan fingerprint density at radius 2 is 1.57 bits per heavy atom. The van der Waals surface area contributed by atoms with Crippen LogP contribution >= 0.6 is 0 Å². The number of carbonyl (C=O) groups is 2. The molecule has 4 atom stereocenters. The first-order chi connectivity index (χ1) is 6.74.